The van der Waals surface area contributed by atoms with E-state index in [9.17, 15) is 14.7 Å². The number of carbonyl (C=O) groups excluding carboxylic acids is 2. The highest BCUT2D eigenvalue weighted by Gasteiger charge is 2.46. The van der Waals surface area contributed by atoms with Crippen molar-refractivity contribution in [2.24, 2.45) is 5.92 Å². The summed E-state index contributed by atoms with van der Waals surface area (Å²) in [6.07, 6.45) is 0.880. The van der Waals surface area contributed by atoms with Crippen LogP contribution in [0.3, 0.4) is 0 Å². The molecule has 6 nitrogen and oxygen atoms in total. The van der Waals surface area contributed by atoms with Gasteiger partial charge in [-0.05, 0) is 73.4 Å². The van der Waals surface area contributed by atoms with Crippen molar-refractivity contribution in [2.75, 3.05) is 18.1 Å². The smallest absolute Gasteiger partial charge is 0.300 e. The van der Waals surface area contributed by atoms with Gasteiger partial charge < -0.3 is 14.6 Å². The number of ether oxygens (including phenoxy) is 2. The van der Waals surface area contributed by atoms with Crippen molar-refractivity contribution < 1.29 is 24.2 Å². The van der Waals surface area contributed by atoms with E-state index in [4.69, 9.17) is 9.47 Å². The molecular weight excluding hydrogens is 466 g/mol. The molecule has 6 heteroatoms. The monoisotopic (exact) mass is 499 g/mol. The summed E-state index contributed by atoms with van der Waals surface area (Å²) < 4.78 is 11.4. The van der Waals surface area contributed by atoms with E-state index in [-0.39, 0.29) is 11.3 Å². The number of amides is 1. The minimum absolute atomic E-state index is 0.0450. The molecule has 4 rings (SSSR count). The van der Waals surface area contributed by atoms with Gasteiger partial charge in [-0.3, -0.25) is 14.5 Å². The van der Waals surface area contributed by atoms with Gasteiger partial charge in [0, 0.05) is 11.3 Å². The quantitative estimate of drug-likeness (QED) is 0.208. The molecule has 1 unspecified atom stereocenters. The highest BCUT2D eigenvalue weighted by Crippen LogP contribution is 2.42. The lowest BCUT2D eigenvalue weighted by atomic mass is 9.95. The van der Waals surface area contributed by atoms with Crippen LogP contribution in [0, 0.1) is 12.8 Å². The normalized spacial score (nSPS) is 16.9. The van der Waals surface area contributed by atoms with Crippen LogP contribution in [0.4, 0.5) is 5.69 Å². The Morgan fingerprint density at radius 2 is 1.49 bits per heavy atom. The summed E-state index contributed by atoms with van der Waals surface area (Å²) in [5.41, 5.74) is 2.80. The van der Waals surface area contributed by atoms with Crippen molar-refractivity contribution in [3.8, 4) is 11.5 Å². The molecule has 0 aliphatic carbocycles. The van der Waals surface area contributed by atoms with Crippen LogP contribution in [0.1, 0.15) is 49.9 Å². The minimum Gasteiger partial charge on any atom is -0.507 e. The Morgan fingerprint density at radius 1 is 0.892 bits per heavy atom. The molecule has 192 valence electrons. The van der Waals surface area contributed by atoms with Crippen LogP contribution < -0.4 is 14.4 Å². The molecule has 0 bridgehead atoms. The molecule has 1 heterocycles. The van der Waals surface area contributed by atoms with Gasteiger partial charge in [-0.1, -0.05) is 50.6 Å². The van der Waals surface area contributed by atoms with E-state index >= 15 is 0 Å². The van der Waals surface area contributed by atoms with E-state index in [1.54, 1.807) is 24.3 Å². The van der Waals surface area contributed by atoms with Crippen LogP contribution in [0.25, 0.3) is 5.76 Å². The molecule has 3 aromatic rings. The third-order valence-electron chi connectivity index (χ3n) is 6.14. The molecule has 0 aromatic heterocycles. The van der Waals surface area contributed by atoms with Gasteiger partial charge in [-0.2, -0.15) is 0 Å². The van der Waals surface area contributed by atoms with E-state index in [0.717, 1.165) is 12.0 Å². The number of anilines is 1. The predicted octanol–water partition coefficient (Wildman–Crippen LogP) is 6.44. The SMILES string of the molecule is CCCOc1ccc(/C(O)=C2\C(=O)C(=O)N(c3ccc(C)cc3)C2c2ccc(OCC(C)C)cc2)cc1. The molecule has 0 radical (unpaired) electrons. The van der Waals surface area contributed by atoms with E-state index < -0.39 is 17.7 Å². The molecule has 1 N–H and O–H groups in total. The van der Waals surface area contributed by atoms with E-state index in [2.05, 4.69) is 13.8 Å². The summed E-state index contributed by atoms with van der Waals surface area (Å²) in [4.78, 5) is 28.1. The van der Waals surface area contributed by atoms with Gasteiger partial charge in [0.05, 0.1) is 24.8 Å². The zero-order chi connectivity index (χ0) is 26.5. The molecule has 0 saturated carbocycles. The molecule has 37 heavy (non-hydrogen) atoms. The first-order valence-electron chi connectivity index (χ1n) is 12.6. The molecular formula is C31H33NO5. The maximum atomic E-state index is 13.3. The first-order valence-corrected chi connectivity index (χ1v) is 12.6. The Bertz CT molecular complexity index is 1270. The van der Waals surface area contributed by atoms with Crippen molar-refractivity contribution in [3.63, 3.8) is 0 Å². The summed E-state index contributed by atoms with van der Waals surface area (Å²) in [5, 5.41) is 11.3. The maximum absolute atomic E-state index is 13.3. The average Bonchev–Trinajstić information content (AvgIpc) is 3.17. The molecule has 1 aliphatic heterocycles. The van der Waals surface area contributed by atoms with Gasteiger partial charge in [-0.15, -0.1) is 0 Å². The Kier molecular flexibility index (Phi) is 7.97. The fourth-order valence-corrected chi connectivity index (χ4v) is 4.21. The molecule has 1 fully saturated rings. The zero-order valence-corrected chi connectivity index (χ0v) is 21.7. The number of aliphatic hydroxyl groups is 1. The largest absolute Gasteiger partial charge is 0.507 e. The van der Waals surface area contributed by atoms with Crippen molar-refractivity contribution in [1.82, 2.24) is 0 Å². The van der Waals surface area contributed by atoms with Gasteiger partial charge >= 0.3 is 0 Å². The van der Waals surface area contributed by atoms with E-state index in [1.165, 1.54) is 4.90 Å². The third-order valence-corrected chi connectivity index (χ3v) is 6.14. The van der Waals surface area contributed by atoms with E-state index in [1.807, 2.05) is 62.4 Å². The Balaban J connectivity index is 1.78. The lowest BCUT2D eigenvalue weighted by molar-refractivity contribution is -0.132. The number of aryl methyl sites for hydroxylation is 1. The van der Waals surface area contributed by atoms with Crippen LogP contribution in [0.5, 0.6) is 11.5 Å². The molecule has 3 aromatic carbocycles. The predicted molar refractivity (Wildman–Crippen MR) is 145 cm³/mol. The minimum atomic E-state index is -0.794. The lowest BCUT2D eigenvalue weighted by Gasteiger charge is -2.25. The van der Waals surface area contributed by atoms with Crippen molar-refractivity contribution >= 4 is 23.1 Å². The lowest BCUT2D eigenvalue weighted by Crippen LogP contribution is -2.29. The third kappa shape index (κ3) is 5.69. The number of nitrogens with zero attached hydrogens (tertiary/aromatic N) is 1. The summed E-state index contributed by atoms with van der Waals surface area (Å²) in [6.45, 7) is 9.30. The van der Waals surface area contributed by atoms with Crippen molar-refractivity contribution in [2.45, 2.75) is 40.2 Å². The first kappa shape index (κ1) is 26.0. The summed E-state index contributed by atoms with van der Waals surface area (Å²) in [6, 6.07) is 20.8. The zero-order valence-electron chi connectivity index (χ0n) is 21.7. The van der Waals surface area contributed by atoms with Crippen LogP contribution in [-0.2, 0) is 9.59 Å². The Hall–Kier alpha value is -4.06. The maximum Gasteiger partial charge on any atom is 0.300 e. The average molecular weight is 500 g/mol. The van der Waals surface area contributed by atoms with Gasteiger partial charge in [0.1, 0.15) is 17.3 Å². The van der Waals surface area contributed by atoms with Crippen LogP contribution in [-0.4, -0.2) is 30.0 Å². The molecule has 1 atom stereocenters. The van der Waals surface area contributed by atoms with Crippen LogP contribution in [0.2, 0.25) is 0 Å². The van der Waals surface area contributed by atoms with Crippen molar-refractivity contribution in [1.29, 1.82) is 0 Å². The standard InChI is InChI=1S/C31H33NO5/c1-5-18-36-25-16-10-23(11-17-25)29(33)27-28(22-8-14-26(15-9-22)37-19-20(2)3)32(31(35)30(27)34)24-12-6-21(4)7-13-24/h6-17,20,28,33H,5,18-19H2,1-4H3/b29-27+. The number of benzene rings is 3. The summed E-state index contributed by atoms with van der Waals surface area (Å²) in [5.74, 6) is 0.125. The molecule has 1 saturated heterocycles. The first-order chi connectivity index (χ1) is 17.8. The molecule has 0 spiro atoms. The van der Waals surface area contributed by atoms with Gasteiger partial charge in [0.25, 0.3) is 11.7 Å². The Labute approximate surface area is 218 Å². The van der Waals surface area contributed by atoms with Crippen molar-refractivity contribution in [3.05, 3.63) is 95.1 Å². The van der Waals surface area contributed by atoms with Gasteiger partial charge in [-0.25, -0.2) is 0 Å². The second-order valence-electron chi connectivity index (χ2n) is 9.65. The van der Waals surface area contributed by atoms with E-state index in [0.29, 0.717) is 47.4 Å². The topological polar surface area (TPSA) is 76.1 Å². The van der Waals surface area contributed by atoms with Gasteiger partial charge in [0.15, 0.2) is 0 Å². The fourth-order valence-electron chi connectivity index (χ4n) is 4.21. The van der Waals surface area contributed by atoms with Gasteiger partial charge in [0.2, 0.25) is 0 Å². The summed E-state index contributed by atoms with van der Waals surface area (Å²) in [7, 11) is 0. The number of ketones is 1. The Morgan fingerprint density at radius 3 is 2.08 bits per heavy atom. The van der Waals surface area contributed by atoms with Crippen LogP contribution in [0.15, 0.2) is 78.4 Å². The molecule has 1 amide bonds. The number of carbonyl (C=O) groups is 2. The number of aliphatic hydroxyl groups excluding tert-OH is 1. The molecule has 1 aliphatic rings. The number of hydrogen-bond acceptors (Lipinski definition) is 5. The second kappa shape index (κ2) is 11.3. The number of Topliss-reactive ketones (excluding diaryl/α,β-unsaturated/α-hetero) is 1. The number of rotatable bonds is 9. The second-order valence-corrected chi connectivity index (χ2v) is 9.65. The van der Waals surface area contributed by atoms with Crippen LogP contribution >= 0.6 is 0 Å². The fraction of sp³-hybridized carbons (Fsp3) is 0.290. The number of hydrogen-bond donors (Lipinski definition) is 1. The summed E-state index contributed by atoms with van der Waals surface area (Å²) >= 11 is 0. The highest BCUT2D eigenvalue weighted by molar-refractivity contribution is 6.51. The highest BCUT2D eigenvalue weighted by atomic mass is 16.5.